The first-order valence-electron chi connectivity index (χ1n) is 11.4. The van der Waals surface area contributed by atoms with E-state index in [0.29, 0.717) is 34.3 Å². The molecule has 37 heavy (non-hydrogen) atoms. The minimum atomic E-state index is -0.730. The molecule has 1 aliphatic heterocycles. The van der Waals surface area contributed by atoms with Crippen LogP contribution in [0.5, 0.6) is 5.75 Å². The van der Waals surface area contributed by atoms with E-state index in [0.717, 1.165) is 17.7 Å². The van der Waals surface area contributed by atoms with Gasteiger partial charge in [0.25, 0.3) is 17.7 Å². The molecule has 0 radical (unpaired) electrons. The Morgan fingerprint density at radius 3 is 2.49 bits per heavy atom. The lowest BCUT2D eigenvalue weighted by atomic mass is 10.1. The fourth-order valence-corrected chi connectivity index (χ4v) is 4.30. The lowest BCUT2D eigenvalue weighted by Crippen LogP contribution is -2.32. The largest absolute Gasteiger partial charge is 0.491 e. The monoisotopic (exact) mass is 557 g/mol. The number of amides is 3. The summed E-state index contributed by atoms with van der Waals surface area (Å²) in [7, 11) is 0. The molecular formula is C27H22Cl3N3O4. The van der Waals surface area contributed by atoms with Crippen LogP contribution in [0.15, 0.2) is 77.5 Å². The van der Waals surface area contributed by atoms with Gasteiger partial charge in [0, 0.05) is 16.3 Å². The normalized spacial score (nSPS) is 13.2. The van der Waals surface area contributed by atoms with Crippen LogP contribution in [0, 0.1) is 0 Å². The van der Waals surface area contributed by atoms with E-state index in [-0.39, 0.29) is 27.3 Å². The number of unbranched alkanes of at least 4 members (excludes halogenated alkanes) is 1. The molecule has 0 spiro atoms. The summed E-state index contributed by atoms with van der Waals surface area (Å²) in [5.41, 5.74) is 1.27. The van der Waals surface area contributed by atoms with Gasteiger partial charge in [-0.25, -0.2) is 4.90 Å². The maximum Gasteiger partial charge on any atom is 0.283 e. The number of ether oxygens (including phenoxy) is 1. The number of hydrogen-bond acceptors (Lipinski definition) is 5. The molecule has 0 fully saturated rings. The van der Waals surface area contributed by atoms with Crippen molar-refractivity contribution in [2.45, 2.75) is 19.8 Å². The number of para-hydroxylation sites is 2. The molecule has 2 N–H and O–H groups in total. The third-order valence-corrected chi connectivity index (χ3v) is 6.35. The van der Waals surface area contributed by atoms with Gasteiger partial charge in [-0.2, -0.15) is 0 Å². The molecule has 0 unspecified atom stereocenters. The third-order valence-electron chi connectivity index (χ3n) is 5.46. The average molecular weight is 559 g/mol. The quantitative estimate of drug-likeness (QED) is 0.221. The fraction of sp³-hybridized carbons (Fsp3) is 0.148. The molecule has 3 amide bonds. The van der Waals surface area contributed by atoms with E-state index < -0.39 is 11.8 Å². The van der Waals surface area contributed by atoms with Crippen LogP contribution < -0.4 is 20.3 Å². The standard InChI is InChI=1S/C27H22Cl3N3O4/c1-2-3-13-37-22-10-5-4-9-20(22)32-25(34)16-7-6-8-18(14-16)31-24-23(30)26(35)33(27(24)36)21-12-11-17(28)15-19(21)29/h4-12,14-15,31H,2-3,13H2,1H3,(H,32,34). The van der Waals surface area contributed by atoms with E-state index in [1.54, 1.807) is 42.5 Å². The number of hydrogen-bond donors (Lipinski definition) is 2. The van der Waals surface area contributed by atoms with Gasteiger partial charge in [0.15, 0.2) is 0 Å². The summed E-state index contributed by atoms with van der Waals surface area (Å²) in [5, 5.41) is 5.90. The molecule has 0 saturated carbocycles. The zero-order valence-corrected chi connectivity index (χ0v) is 22.0. The summed E-state index contributed by atoms with van der Waals surface area (Å²) >= 11 is 18.4. The molecule has 4 rings (SSSR count). The van der Waals surface area contributed by atoms with Gasteiger partial charge < -0.3 is 15.4 Å². The van der Waals surface area contributed by atoms with Gasteiger partial charge in [-0.3, -0.25) is 14.4 Å². The van der Waals surface area contributed by atoms with Gasteiger partial charge in [0.1, 0.15) is 16.5 Å². The van der Waals surface area contributed by atoms with Gasteiger partial charge in [-0.1, -0.05) is 66.3 Å². The number of rotatable bonds is 9. The SMILES string of the molecule is CCCCOc1ccccc1NC(=O)c1cccc(NC2=C(Cl)C(=O)N(c3ccc(Cl)cc3Cl)C2=O)c1. The molecular weight excluding hydrogens is 537 g/mol. The van der Waals surface area contributed by atoms with E-state index in [9.17, 15) is 14.4 Å². The van der Waals surface area contributed by atoms with E-state index >= 15 is 0 Å². The number of nitrogens with zero attached hydrogens (tertiary/aromatic N) is 1. The molecule has 1 heterocycles. The minimum Gasteiger partial charge on any atom is -0.491 e. The van der Waals surface area contributed by atoms with E-state index in [1.807, 2.05) is 6.07 Å². The number of imide groups is 1. The number of anilines is 3. The lowest BCUT2D eigenvalue weighted by Gasteiger charge is -2.17. The molecule has 0 aromatic heterocycles. The Kier molecular flexibility index (Phi) is 8.38. The van der Waals surface area contributed by atoms with E-state index in [4.69, 9.17) is 39.5 Å². The summed E-state index contributed by atoms with van der Waals surface area (Å²) in [5.74, 6) is -1.22. The maximum absolute atomic E-state index is 13.1. The molecule has 1 aliphatic rings. The van der Waals surface area contributed by atoms with E-state index in [2.05, 4.69) is 17.6 Å². The second-order valence-electron chi connectivity index (χ2n) is 8.09. The highest BCUT2D eigenvalue weighted by molar-refractivity contribution is 6.54. The second-order valence-corrected chi connectivity index (χ2v) is 9.31. The molecule has 0 saturated heterocycles. The van der Waals surface area contributed by atoms with Gasteiger partial charge in [-0.15, -0.1) is 0 Å². The molecule has 3 aromatic carbocycles. The number of nitrogens with one attached hydrogen (secondary N) is 2. The van der Waals surface area contributed by atoms with Crippen molar-refractivity contribution in [2.75, 3.05) is 22.1 Å². The summed E-state index contributed by atoms with van der Waals surface area (Å²) in [4.78, 5) is 39.7. The maximum atomic E-state index is 13.1. The van der Waals surface area contributed by atoms with Crippen LogP contribution in [-0.4, -0.2) is 24.3 Å². The van der Waals surface area contributed by atoms with Crippen molar-refractivity contribution < 1.29 is 19.1 Å². The van der Waals surface area contributed by atoms with Crippen LogP contribution in [0.3, 0.4) is 0 Å². The van der Waals surface area contributed by atoms with Gasteiger partial charge >= 0.3 is 0 Å². The molecule has 190 valence electrons. The Labute approximate surface area is 229 Å². The Morgan fingerprint density at radius 2 is 1.73 bits per heavy atom. The second kappa shape index (κ2) is 11.7. The highest BCUT2D eigenvalue weighted by atomic mass is 35.5. The summed E-state index contributed by atoms with van der Waals surface area (Å²) in [6.45, 7) is 2.62. The molecule has 7 nitrogen and oxygen atoms in total. The first kappa shape index (κ1) is 26.5. The number of carbonyl (C=O) groups is 3. The Hall–Kier alpha value is -3.52. The van der Waals surface area contributed by atoms with Gasteiger partial charge in [0.2, 0.25) is 0 Å². The topological polar surface area (TPSA) is 87.7 Å². The molecule has 10 heteroatoms. The molecule has 0 aliphatic carbocycles. The van der Waals surface area contributed by atoms with Crippen molar-refractivity contribution in [3.63, 3.8) is 0 Å². The zero-order valence-electron chi connectivity index (χ0n) is 19.7. The number of carbonyl (C=O) groups excluding carboxylic acids is 3. The van der Waals surface area contributed by atoms with Crippen LogP contribution in [0.1, 0.15) is 30.1 Å². The summed E-state index contributed by atoms with van der Waals surface area (Å²) in [6.07, 6.45) is 1.89. The van der Waals surface area contributed by atoms with Crippen LogP contribution in [-0.2, 0) is 9.59 Å². The first-order chi connectivity index (χ1) is 17.8. The van der Waals surface area contributed by atoms with Crippen molar-refractivity contribution in [1.29, 1.82) is 0 Å². The van der Waals surface area contributed by atoms with Crippen molar-refractivity contribution >= 4 is 69.6 Å². The number of halogens is 3. The average Bonchev–Trinajstić information content (AvgIpc) is 3.08. The summed E-state index contributed by atoms with van der Waals surface area (Å²) < 4.78 is 5.78. The van der Waals surface area contributed by atoms with Crippen molar-refractivity contribution in [3.8, 4) is 5.75 Å². The summed E-state index contributed by atoms with van der Waals surface area (Å²) in [6, 6.07) is 18.0. The smallest absolute Gasteiger partial charge is 0.283 e. The van der Waals surface area contributed by atoms with Crippen LogP contribution >= 0.6 is 34.8 Å². The minimum absolute atomic E-state index is 0.123. The molecule has 3 aromatic rings. The van der Waals surface area contributed by atoms with Gasteiger partial charge in [0.05, 0.1) is 23.0 Å². The predicted molar refractivity (Wildman–Crippen MR) is 147 cm³/mol. The van der Waals surface area contributed by atoms with Crippen LogP contribution in [0.4, 0.5) is 17.1 Å². The van der Waals surface area contributed by atoms with Crippen molar-refractivity contribution in [2.24, 2.45) is 0 Å². The third kappa shape index (κ3) is 5.91. The highest BCUT2D eigenvalue weighted by Gasteiger charge is 2.39. The molecule has 0 bridgehead atoms. The number of benzene rings is 3. The van der Waals surface area contributed by atoms with Crippen molar-refractivity contribution in [3.05, 3.63) is 93.1 Å². The Balaban J connectivity index is 1.51. The van der Waals surface area contributed by atoms with Crippen LogP contribution in [0.25, 0.3) is 0 Å². The van der Waals surface area contributed by atoms with Crippen LogP contribution in [0.2, 0.25) is 10.0 Å². The van der Waals surface area contributed by atoms with Gasteiger partial charge in [-0.05, 0) is 55.0 Å². The fourth-order valence-electron chi connectivity index (χ4n) is 3.59. The zero-order chi connectivity index (χ0) is 26.5. The Morgan fingerprint density at radius 1 is 0.946 bits per heavy atom. The van der Waals surface area contributed by atoms with E-state index in [1.165, 1.54) is 18.2 Å². The lowest BCUT2D eigenvalue weighted by molar-refractivity contribution is -0.120. The van der Waals surface area contributed by atoms with Crippen molar-refractivity contribution in [1.82, 2.24) is 0 Å². The first-order valence-corrected chi connectivity index (χ1v) is 12.6. The predicted octanol–water partition coefficient (Wildman–Crippen LogP) is 6.86. The highest BCUT2D eigenvalue weighted by Crippen LogP contribution is 2.35. The molecule has 0 atom stereocenters. The Bertz CT molecular complexity index is 1410.